The Kier molecular flexibility index (Phi) is 3.66. The van der Waals surface area contributed by atoms with Crippen LogP contribution in [0.5, 0.6) is 0 Å². The summed E-state index contributed by atoms with van der Waals surface area (Å²) in [7, 11) is 3.45. The zero-order valence-electron chi connectivity index (χ0n) is 8.16. The first-order valence-corrected chi connectivity index (χ1v) is 4.19. The van der Waals surface area contributed by atoms with E-state index < -0.39 is 0 Å². The van der Waals surface area contributed by atoms with Crippen LogP contribution >= 0.6 is 0 Å². The SMILES string of the molecule is CN=C(NC)NCc1ccc(=O)[nH]n1. The highest BCUT2D eigenvalue weighted by Gasteiger charge is 1.96. The molecule has 1 rings (SSSR count). The maximum absolute atomic E-state index is 10.7. The largest absolute Gasteiger partial charge is 0.359 e. The van der Waals surface area contributed by atoms with Gasteiger partial charge >= 0.3 is 0 Å². The van der Waals surface area contributed by atoms with E-state index in [4.69, 9.17) is 0 Å². The molecule has 3 N–H and O–H groups in total. The van der Waals surface area contributed by atoms with Crippen LogP contribution in [0, 0.1) is 0 Å². The number of aromatic amines is 1. The first-order chi connectivity index (χ1) is 6.76. The van der Waals surface area contributed by atoms with Gasteiger partial charge in [-0.2, -0.15) is 5.10 Å². The molecule has 0 aliphatic rings. The van der Waals surface area contributed by atoms with E-state index in [9.17, 15) is 4.79 Å². The molecule has 6 nitrogen and oxygen atoms in total. The summed E-state index contributed by atoms with van der Waals surface area (Å²) in [6.07, 6.45) is 0. The molecule has 0 aliphatic carbocycles. The molecule has 0 amide bonds. The molecule has 0 aliphatic heterocycles. The maximum atomic E-state index is 10.7. The molecule has 0 aromatic carbocycles. The summed E-state index contributed by atoms with van der Waals surface area (Å²) in [4.78, 5) is 14.6. The van der Waals surface area contributed by atoms with Crippen molar-refractivity contribution in [3.05, 3.63) is 28.2 Å². The molecule has 0 atom stereocenters. The van der Waals surface area contributed by atoms with E-state index in [1.807, 2.05) is 0 Å². The third-order valence-electron chi connectivity index (χ3n) is 1.63. The van der Waals surface area contributed by atoms with Gasteiger partial charge in [0.2, 0.25) is 0 Å². The average molecular weight is 195 g/mol. The second-order valence-electron chi connectivity index (χ2n) is 2.59. The predicted octanol–water partition coefficient (Wildman–Crippen LogP) is -0.935. The van der Waals surface area contributed by atoms with Crippen molar-refractivity contribution in [2.75, 3.05) is 14.1 Å². The van der Waals surface area contributed by atoms with E-state index in [1.165, 1.54) is 6.07 Å². The molecule has 0 unspecified atom stereocenters. The standard InChI is InChI=1S/C8H13N5O/c1-9-8(10-2)11-5-6-3-4-7(14)13-12-6/h3-4H,5H2,1-2H3,(H,13,14)(H2,9,10,11). The summed E-state index contributed by atoms with van der Waals surface area (Å²) in [5.41, 5.74) is 0.549. The Labute approximate surface area is 81.5 Å². The smallest absolute Gasteiger partial charge is 0.264 e. The highest BCUT2D eigenvalue weighted by molar-refractivity contribution is 5.79. The lowest BCUT2D eigenvalue weighted by Gasteiger charge is -2.06. The molecule has 0 saturated carbocycles. The van der Waals surface area contributed by atoms with Crippen LogP contribution in [0.1, 0.15) is 5.69 Å². The average Bonchev–Trinajstić information content (AvgIpc) is 2.22. The zero-order chi connectivity index (χ0) is 10.4. The summed E-state index contributed by atoms with van der Waals surface area (Å²) >= 11 is 0. The fourth-order valence-corrected chi connectivity index (χ4v) is 0.925. The van der Waals surface area contributed by atoms with Crippen molar-refractivity contribution >= 4 is 5.96 Å². The van der Waals surface area contributed by atoms with Crippen molar-refractivity contribution in [2.45, 2.75) is 6.54 Å². The minimum atomic E-state index is -0.202. The molecule has 1 aromatic heterocycles. The molecule has 14 heavy (non-hydrogen) atoms. The van der Waals surface area contributed by atoms with E-state index in [2.05, 4.69) is 25.8 Å². The normalized spacial score (nSPS) is 11.1. The van der Waals surface area contributed by atoms with Crippen LogP contribution in [0.3, 0.4) is 0 Å². The fraction of sp³-hybridized carbons (Fsp3) is 0.375. The van der Waals surface area contributed by atoms with Gasteiger partial charge in [0, 0.05) is 20.2 Å². The number of nitrogens with one attached hydrogen (secondary N) is 3. The third-order valence-corrected chi connectivity index (χ3v) is 1.63. The summed E-state index contributed by atoms with van der Waals surface area (Å²) in [5, 5.41) is 12.1. The molecular formula is C8H13N5O. The lowest BCUT2D eigenvalue weighted by Crippen LogP contribution is -2.34. The second kappa shape index (κ2) is 5.00. The molecule has 6 heteroatoms. The minimum Gasteiger partial charge on any atom is -0.359 e. The molecule has 0 fully saturated rings. The summed E-state index contributed by atoms with van der Waals surface area (Å²) in [6.45, 7) is 0.518. The Morgan fingerprint density at radius 1 is 1.64 bits per heavy atom. The second-order valence-corrected chi connectivity index (χ2v) is 2.59. The Hall–Kier alpha value is -1.85. The van der Waals surface area contributed by atoms with Crippen LogP contribution in [0.25, 0.3) is 0 Å². The summed E-state index contributed by atoms with van der Waals surface area (Å²) in [5.74, 6) is 0.679. The molecule has 1 aromatic rings. The van der Waals surface area contributed by atoms with Crippen molar-refractivity contribution in [2.24, 2.45) is 4.99 Å². The van der Waals surface area contributed by atoms with Crippen molar-refractivity contribution in [1.82, 2.24) is 20.8 Å². The minimum absolute atomic E-state index is 0.202. The van der Waals surface area contributed by atoms with Crippen LogP contribution in [0.15, 0.2) is 21.9 Å². The van der Waals surface area contributed by atoms with Gasteiger partial charge in [-0.05, 0) is 6.07 Å². The van der Waals surface area contributed by atoms with Crippen molar-refractivity contribution in [1.29, 1.82) is 0 Å². The highest BCUT2D eigenvalue weighted by Crippen LogP contribution is 1.86. The van der Waals surface area contributed by atoms with Crippen LogP contribution in [0.2, 0.25) is 0 Å². The Morgan fingerprint density at radius 3 is 2.93 bits per heavy atom. The molecule has 0 bridgehead atoms. The first-order valence-electron chi connectivity index (χ1n) is 4.19. The lowest BCUT2D eigenvalue weighted by atomic mass is 10.4. The van der Waals surface area contributed by atoms with E-state index in [0.717, 1.165) is 5.69 Å². The summed E-state index contributed by atoms with van der Waals surface area (Å²) < 4.78 is 0. The number of hydrogen-bond donors (Lipinski definition) is 3. The Bertz CT molecular complexity index is 350. The number of aliphatic imine (C=N–C) groups is 1. The third kappa shape index (κ3) is 2.89. The molecule has 0 spiro atoms. The highest BCUT2D eigenvalue weighted by atomic mass is 16.1. The van der Waals surface area contributed by atoms with Crippen molar-refractivity contribution < 1.29 is 0 Å². The van der Waals surface area contributed by atoms with Crippen LogP contribution in [-0.2, 0) is 6.54 Å². The van der Waals surface area contributed by atoms with Crippen LogP contribution < -0.4 is 16.2 Å². The zero-order valence-corrected chi connectivity index (χ0v) is 8.16. The van der Waals surface area contributed by atoms with Gasteiger partial charge in [-0.15, -0.1) is 0 Å². The van der Waals surface area contributed by atoms with Crippen LogP contribution in [-0.4, -0.2) is 30.3 Å². The number of hydrogen-bond acceptors (Lipinski definition) is 3. The molecule has 76 valence electrons. The van der Waals surface area contributed by atoms with Gasteiger partial charge in [-0.3, -0.25) is 9.79 Å². The van der Waals surface area contributed by atoms with Gasteiger partial charge in [-0.1, -0.05) is 0 Å². The summed E-state index contributed by atoms with van der Waals surface area (Å²) in [6, 6.07) is 3.10. The Balaban J connectivity index is 2.53. The van der Waals surface area contributed by atoms with E-state index in [1.54, 1.807) is 20.2 Å². The van der Waals surface area contributed by atoms with Gasteiger partial charge in [0.05, 0.1) is 12.2 Å². The van der Waals surface area contributed by atoms with Gasteiger partial charge in [-0.25, -0.2) is 5.10 Å². The number of guanidine groups is 1. The number of rotatable bonds is 2. The topological polar surface area (TPSA) is 82.2 Å². The predicted molar refractivity (Wildman–Crippen MR) is 54.1 cm³/mol. The number of nitrogens with zero attached hydrogens (tertiary/aromatic N) is 2. The first kappa shape index (κ1) is 10.2. The van der Waals surface area contributed by atoms with E-state index >= 15 is 0 Å². The molecule has 1 heterocycles. The van der Waals surface area contributed by atoms with E-state index in [-0.39, 0.29) is 5.56 Å². The van der Waals surface area contributed by atoms with Crippen molar-refractivity contribution in [3.63, 3.8) is 0 Å². The van der Waals surface area contributed by atoms with Crippen molar-refractivity contribution in [3.8, 4) is 0 Å². The van der Waals surface area contributed by atoms with Gasteiger partial charge in [0.1, 0.15) is 0 Å². The molecular weight excluding hydrogens is 182 g/mol. The number of H-pyrrole nitrogens is 1. The quantitative estimate of drug-likeness (QED) is 0.420. The maximum Gasteiger partial charge on any atom is 0.264 e. The lowest BCUT2D eigenvalue weighted by molar-refractivity contribution is 0.799. The number of aromatic nitrogens is 2. The van der Waals surface area contributed by atoms with Gasteiger partial charge < -0.3 is 10.6 Å². The Morgan fingerprint density at radius 2 is 2.43 bits per heavy atom. The fourth-order valence-electron chi connectivity index (χ4n) is 0.925. The monoisotopic (exact) mass is 195 g/mol. The molecule has 0 saturated heterocycles. The van der Waals surface area contributed by atoms with Crippen LogP contribution in [0.4, 0.5) is 0 Å². The van der Waals surface area contributed by atoms with Gasteiger partial charge in [0.15, 0.2) is 5.96 Å². The van der Waals surface area contributed by atoms with E-state index in [0.29, 0.717) is 12.5 Å². The van der Waals surface area contributed by atoms with Gasteiger partial charge in [0.25, 0.3) is 5.56 Å². The molecule has 0 radical (unpaired) electrons.